The van der Waals surface area contributed by atoms with E-state index in [-0.39, 0.29) is 30.2 Å². The molecule has 2 unspecified atom stereocenters. The van der Waals surface area contributed by atoms with Crippen LogP contribution in [0.4, 0.5) is 0 Å². The molecular weight excluding hydrogens is 328 g/mol. The van der Waals surface area contributed by atoms with Gasteiger partial charge in [0.05, 0.1) is 6.42 Å². The Morgan fingerprint density at radius 2 is 2.08 bits per heavy atom. The summed E-state index contributed by atoms with van der Waals surface area (Å²) in [5.41, 5.74) is 0.723. The average Bonchev–Trinajstić information content (AvgIpc) is 2.91. The van der Waals surface area contributed by atoms with Crippen LogP contribution in [0.25, 0.3) is 0 Å². The number of amides is 1. The number of likely N-dealkylation sites (tertiary alicyclic amines) is 1. The Balaban J connectivity index is 2.07. The molecule has 8 heteroatoms. The maximum atomic E-state index is 12.5. The Hall–Kier alpha value is -1.51. The lowest BCUT2D eigenvalue weighted by Gasteiger charge is -2.24. The highest BCUT2D eigenvalue weighted by molar-refractivity contribution is 7.87. The molecule has 24 heavy (non-hydrogen) atoms. The molecule has 2 rings (SSSR count). The summed E-state index contributed by atoms with van der Waals surface area (Å²) in [4.78, 5) is 18.4. The van der Waals surface area contributed by atoms with Crippen LogP contribution in [0.1, 0.15) is 19.5 Å². The van der Waals surface area contributed by atoms with Gasteiger partial charge in [-0.05, 0) is 24.0 Å². The number of pyridine rings is 1. The Labute approximate surface area is 144 Å². The lowest BCUT2D eigenvalue weighted by atomic mass is 9.92. The topological polar surface area (TPSA) is 82.6 Å². The van der Waals surface area contributed by atoms with Crippen LogP contribution < -0.4 is 4.72 Å². The van der Waals surface area contributed by atoms with Crippen LogP contribution in [-0.2, 0) is 21.4 Å². The van der Waals surface area contributed by atoms with Crippen molar-refractivity contribution in [2.75, 3.05) is 27.2 Å². The molecule has 0 saturated carbocycles. The van der Waals surface area contributed by atoms with E-state index in [1.807, 2.05) is 32.0 Å². The summed E-state index contributed by atoms with van der Waals surface area (Å²) in [6.07, 6.45) is 1.90. The zero-order chi connectivity index (χ0) is 17.9. The molecule has 1 amide bonds. The van der Waals surface area contributed by atoms with Crippen molar-refractivity contribution in [2.24, 2.45) is 11.8 Å². The molecule has 1 aliphatic heterocycles. The van der Waals surface area contributed by atoms with Crippen molar-refractivity contribution >= 4 is 16.1 Å². The first-order valence-corrected chi connectivity index (χ1v) is 9.52. The summed E-state index contributed by atoms with van der Waals surface area (Å²) in [6, 6.07) is 5.21. The van der Waals surface area contributed by atoms with Crippen molar-refractivity contribution < 1.29 is 13.2 Å². The van der Waals surface area contributed by atoms with Crippen molar-refractivity contribution in [1.82, 2.24) is 18.9 Å². The van der Waals surface area contributed by atoms with Gasteiger partial charge in [-0.25, -0.2) is 0 Å². The zero-order valence-corrected chi connectivity index (χ0v) is 15.5. The summed E-state index contributed by atoms with van der Waals surface area (Å²) in [7, 11) is -0.540. The van der Waals surface area contributed by atoms with E-state index in [0.717, 1.165) is 10.00 Å². The van der Waals surface area contributed by atoms with Crippen LogP contribution in [0.2, 0.25) is 0 Å². The number of carbonyl (C=O) groups excluding carboxylic acids is 1. The summed E-state index contributed by atoms with van der Waals surface area (Å²) < 4.78 is 28.1. The molecule has 1 N–H and O–H groups in total. The van der Waals surface area contributed by atoms with E-state index in [0.29, 0.717) is 13.1 Å². The summed E-state index contributed by atoms with van der Waals surface area (Å²) in [5.74, 6) is 0.339. The largest absolute Gasteiger partial charge is 0.340 e. The standard InChI is InChI=1S/C16H26N4O3S/c1-12(2)14-10-20(11-15(14)18-24(22,23)19(3)4)16(21)9-13-7-5-6-8-17-13/h5-8,12,14-15,18H,9-11H2,1-4H3. The lowest BCUT2D eigenvalue weighted by Crippen LogP contribution is -2.46. The first-order valence-electron chi connectivity index (χ1n) is 8.08. The highest BCUT2D eigenvalue weighted by Crippen LogP contribution is 2.25. The third kappa shape index (κ3) is 4.52. The van der Waals surface area contributed by atoms with Gasteiger partial charge in [0.1, 0.15) is 0 Å². The molecule has 1 aromatic rings. The minimum absolute atomic E-state index is 0.0223. The molecule has 0 aliphatic carbocycles. The smallest absolute Gasteiger partial charge is 0.279 e. The highest BCUT2D eigenvalue weighted by atomic mass is 32.2. The molecular formula is C16H26N4O3S. The van der Waals surface area contributed by atoms with Gasteiger partial charge in [-0.1, -0.05) is 19.9 Å². The maximum absolute atomic E-state index is 12.5. The number of rotatable bonds is 6. The average molecular weight is 354 g/mol. The van der Waals surface area contributed by atoms with Crippen LogP contribution in [0, 0.1) is 11.8 Å². The fourth-order valence-electron chi connectivity index (χ4n) is 2.90. The second-order valence-electron chi connectivity index (χ2n) is 6.72. The zero-order valence-electron chi connectivity index (χ0n) is 14.6. The molecule has 1 saturated heterocycles. The van der Waals surface area contributed by atoms with Crippen LogP contribution in [0.3, 0.4) is 0 Å². The normalized spacial score (nSPS) is 21.7. The van der Waals surface area contributed by atoms with Gasteiger partial charge in [-0.2, -0.15) is 17.4 Å². The number of hydrogen-bond acceptors (Lipinski definition) is 4. The molecule has 0 radical (unpaired) electrons. The summed E-state index contributed by atoms with van der Waals surface area (Å²) in [5, 5.41) is 0. The van der Waals surface area contributed by atoms with Gasteiger partial charge >= 0.3 is 0 Å². The van der Waals surface area contributed by atoms with Gasteiger partial charge in [-0.3, -0.25) is 9.78 Å². The van der Waals surface area contributed by atoms with E-state index in [2.05, 4.69) is 9.71 Å². The number of nitrogens with zero attached hydrogens (tertiary/aromatic N) is 3. The second-order valence-corrected chi connectivity index (χ2v) is 8.63. The van der Waals surface area contributed by atoms with E-state index in [9.17, 15) is 13.2 Å². The minimum atomic E-state index is -3.52. The highest BCUT2D eigenvalue weighted by Gasteiger charge is 2.39. The van der Waals surface area contributed by atoms with Crippen LogP contribution in [0.15, 0.2) is 24.4 Å². The molecule has 0 spiro atoms. The fraction of sp³-hybridized carbons (Fsp3) is 0.625. The lowest BCUT2D eigenvalue weighted by molar-refractivity contribution is -0.129. The van der Waals surface area contributed by atoms with Crippen molar-refractivity contribution in [3.8, 4) is 0 Å². The van der Waals surface area contributed by atoms with Gasteiger partial charge in [0, 0.05) is 45.1 Å². The molecule has 1 aliphatic rings. The molecule has 1 fully saturated rings. The Bertz CT molecular complexity index is 661. The van der Waals surface area contributed by atoms with Crippen molar-refractivity contribution in [3.05, 3.63) is 30.1 Å². The Morgan fingerprint density at radius 3 is 2.62 bits per heavy atom. The number of aromatic nitrogens is 1. The van der Waals surface area contributed by atoms with Gasteiger partial charge in [0.2, 0.25) is 5.91 Å². The van der Waals surface area contributed by atoms with E-state index in [1.165, 1.54) is 14.1 Å². The fourth-order valence-corrected chi connectivity index (χ4v) is 3.74. The maximum Gasteiger partial charge on any atom is 0.279 e. The molecule has 0 bridgehead atoms. The van der Waals surface area contributed by atoms with Crippen LogP contribution >= 0.6 is 0 Å². The minimum Gasteiger partial charge on any atom is -0.340 e. The first-order chi connectivity index (χ1) is 11.2. The molecule has 1 aromatic heterocycles. The monoisotopic (exact) mass is 354 g/mol. The van der Waals surface area contributed by atoms with E-state index >= 15 is 0 Å². The number of carbonyl (C=O) groups is 1. The number of hydrogen-bond donors (Lipinski definition) is 1. The predicted octanol–water partition coefficient (Wildman–Crippen LogP) is 0.503. The second kappa shape index (κ2) is 7.58. The predicted molar refractivity (Wildman–Crippen MR) is 92.4 cm³/mol. The van der Waals surface area contributed by atoms with Crippen LogP contribution in [0.5, 0.6) is 0 Å². The third-order valence-electron chi connectivity index (χ3n) is 4.41. The SMILES string of the molecule is CC(C)C1CN(C(=O)Cc2ccccn2)CC1NS(=O)(=O)N(C)C. The molecule has 2 heterocycles. The molecule has 7 nitrogen and oxygen atoms in total. The van der Waals surface area contributed by atoms with E-state index in [1.54, 1.807) is 11.1 Å². The third-order valence-corrected chi connectivity index (χ3v) is 5.98. The number of nitrogens with one attached hydrogen (secondary N) is 1. The Kier molecular flexibility index (Phi) is 5.95. The van der Waals surface area contributed by atoms with E-state index in [4.69, 9.17) is 0 Å². The van der Waals surface area contributed by atoms with Gasteiger partial charge in [0.25, 0.3) is 10.2 Å². The van der Waals surface area contributed by atoms with Crippen LogP contribution in [-0.4, -0.2) is 61.7 Å². The molecule has 134 valence electrons. The summed E-state index contributed by atoms with van der Waals surface area (Å²) in [6.45, 7) is 5.05. The van der Waals surface area contributed by atoms with Gasteiger partial charge in [-0.15, -0.1) is 0 Å². The van der Waals surface area contributed by atoms with Crippen molar-refractivity contribution in [3.63, 3.8) is 0 Å². The van der Waals surface area contributed by atoms with Gasteiger partial charge in [0.15, 0.2) is 0 Å². The van der Waals surface area contributed by atoms with E-state index < -0.39 is 10.2 Å². The quantitative estimate of drug-likeness (QED) is 0.807. The van der Waals surface area contributed by atoms with Crippen molar-refractivity contribution in [2.45, 2.75) is 26.3 Å². The van der Waals surface area contributed by atoms with Crippen molar-refractivity contribution in [1.29, 1.82) is 0 Å². The Morgan fingerprint density at radius 1 is 1.38 bits per heavy atom. The van der Waals surface area contributed by atoms with Gasteiger partial charge < -0.3 is 4.90 Å². The molecule has 0 aromatic carbocycles. The first kappa shape index (κ1) is 18.8. The molecule has 2 atom stereocenters. The summed E-state index contributed by atoms with van der Waals surface area (Å²) >= 11 is 0.